The number of sulfonamides is 3. The first kappa shape index (κ1) is 17.7. The van der Waals surface area contributed by atoms with Crippen molar-refractivity contribution in [2.45, 2.75) is 20.3 Å². The van der Waals surface area contributed by atoms with Crippen LogP contribution in [0.1, 0.15) is 20.3 Å². The quantitative estimate of drug-likeness (QED) is 0.515. The van der Waals surface area contributed by atoms with Gasteiger partial charge in [-0.1, -0.05) is 6.92 Å². The van der Waals surface area contributed by atoms with Crippen LogP contribution in [0.3, 0.4) is 0 Å². The summed E-state index contributed by atoms with van der Waals surface area (Å²) in [6.45, 7) is 2.85. The van der Waals surface area contributed by atoms with Crippen LogP contribution in [0.2, 0.25) is 0 Å². The molecule has 0 atom stereocenters. The summed E-state index contributed by atoms with van der Waals surface area (Å²) in [5.41, 5.74) is 0. The molecule has 0 aromatic rings. The Morgan fingerprint density at radius 2 is 1.44 bits per heavy atom. The van der Waals surface area contributed by atoms with Gasteiger partial charge in [0, 0.05) is 0 Å². The van der Waals surface area contributed by atoms with Crippen LogP contribution in [-0.4, -0.2) is 47.5 Å². The molecule has 0 fully saturated rings. The van der Waals surface area contributed by atoms with E-state index in [-0.39, 0.29) is 10.9 Å². The molecule has 110 valence electrons. The van der Waals surface area contributed by atoms with Gasteiger partial charge >= 0.3 is 0 Å². The lowest BCUT2D eigenvalue weighted by atomic mass is 10.6. The lowest BCUT2D eigenvalue weighted by molar-refractivity contribution is 0.345. The molecule has 0 spiro atoms. The van der Waals surface area contributed by atoms with E-state index in [1.54, 1.807) is 16.6 Å². The molecule has 0 unspecified atom stereocenters. The molecule has 0 bridgehead atoms. The topological polar surface area (TPSA) is 130 Å². The summed E-state index contributed by atoms with van der Waals surface area (Å²) in [4.78, 5) is 3.25. The Hall–Kier alpha value is -0.270. The maximum Gasteiger partial charge on any atom is 0.242 e. The molecule has 0 aliphatic carbocycles. The van der Waals surface area contributed by atoms with Gasteiger partial charge in [0.05, 0.1) is 17.8 Å². The highest BCUT2D eigenvalue weighted by atomic mass is 32.2. The van der Waals surface area contributed by atoms with Crippen molar-refractivity contribution in [1.82, 2.24) is 14.2 Å². The lowest BCUT2D eigenvalue weighted by Crippen LogP contribution is -2.56. The molecule has 0 heterocycles. The van der Waals surface area contributed by atoms with Gasteiger partial charge in [-0.25, -0.2) is 25.3 Å². The molecule has 0 radical (unpaired) electrons. The SMILES string of the molecule is CCCS(=O)(=O)N(NS(C)(=O)=O)NS(=O)(=O)CC. The zero-order chi connectivity index (χ0) is 14.6. The molecule has 0 aliphatic rings. The van der Waals surface area contributed by atoms with Gasteiger partial charge in [-0.3, -0.25) is 0 Å². The Kier molecular flexibility index (Phi) is 6.16. The standard InChI is InChI=1S/C6H17N3O6S3/c1-4-6-18(14,15)9(7-16(3,10)11)8-17(12,13)5-2/h7-8H,4-6H2,1-3H3. The molecule has 9 nitrogen and oxygen atoms in total. The second-order valence-corrected chi connectivity index (χ2v) is 9.09. The van der Waals surface area contributed by atoms with Crippen molar-refractivity contribution >= 4 is 30.1 Å². The van der Waals surface area contributed by atoms with Crippen LogP contribution in [0.15, 0.2) is 0 Å². The van der Waals surface area contributed by atoms with Gasteiger partial charge in [-0.2, -0.15) is 0 Å². The monoisotopic (exact) mass is 323 g/mol. The van der Waals surface area contributed by atoms with E-state index < -0.39 is 41.6 Å². The fourth-order valence-electron chi connectivity index (χ4n) is 0.823. The van der Waals surface area contributed by atoms with Crippen molar-refractivity contribution < 1.29 is 25.3 Å². The minimum Gasteiger partial charge on any atom is -0.211 e. The molecule has 0 aromatic heterocycles. The first-order valence-corrected chi connectivity index (χ1v) is 10.1. The molecule has 0 aliphatic heterocycles. The van der Waals surface area contributed by atoms with Crippen molar-refractivity contribution in [2.75, 3.05) is 17.8 Å². The van der Waals surface area contributed by atoms with Gasteiger partial charge in [0.1, 0.15) is 0 Å². The Bertz CT molecular complexity index is 564. The van der Waals surface area contributed by atoms with Crippen molar-refractivity contribution in [3.63, 3.8) is 0 Å². The predicted molar refractivity (Wildman–Crippen MR) is 66.5 cm³/mol. The summed E-state index contributed by atoms with van der Waals surface area (Å²) in [7, 11) is -12.0. The molecular weight excluding hydrogens is 306 g/mol. The van der Waals surface area contributed by atoms with E-state index in [2.05, 4.69) is 0 Å². The maximum atomic E-state index is 11.7. The van der Waals surface area contributed by atoms with Gasteiger partial charge in [0.25, 0.3) is 0 Å². The Morgan fingerprint density at radius 1 is 0.944 bits per heavy atom. The summed E-state index contributed by atoms with van der Waals surface area (Å²) in [5, 5.41) is 0. The van der Waals surface area contributed by atoms with Gasteiger partial charge in [0.2, 0.25) is 30.1 Å². The highest BCUT2D eigenvalue weighted by Gasteiger charge is 2.28. The molecule has 0 amide bonds. The fraction of sp³-hybridized carbons (Fsp3) is 1.00. The highest BCUT2D eigenvalue weighted by molar-refractivity contribution is 7.93. The van der Waals surface area contributed by atoms with E-state index >= 15 is 0 Å². The van der Waals surface area contributed by atoms with Gasteiger partial charge in [-0.15, -0.1) is 9.66 Å². The maximum absolute atomic E-state index is 11.7. The van der Waals surface area contributed by atoms with Crippen LogP contribution in [0.4, 0.5) is 0 Å². The Balaban J connectivity index is 5.33. The summed E-state index contributed by atoms with van der Waals surface area (Å²) >= 11 is 0. The second kappa shape index (κ2) is 6.25. The average Bonchev–Trinajstić information content (AvgIpc) is 2.14. The van der Waals surface area contributed by atoms with Crippen LogP contribution < -0.4 is 9.66 Å². The van der Waals surface area contributed by atoms with E-state index in [4.69, 9.17) is 0 Å². The van der Waals surface area contributed by atoms with Gasteiger partial charge in [-0.05, 0) is 17.9 Å². The zero-order valence-corrected chi connectivity index (χ0v) is 12.7. The number of hydrogen-bond acceptors (Lipinski definition) is 6. The molecule has 0 rings (SSSR count). The van der Waals surface area contributed by atoms with Crippen LogP contribution in [0, 0.1) is 0 Å². The van der Waals surface area contributed by atoms with Crippen LogP contribution in [0.5, 0.6) is 0 Å². The fourth-order valence-corrected chi connectivity index (χ4v) is 4.01. The zero-order valence-electron chi connectivity index (χ0n) is 10.2. The second-order valence-electron chi connectivity index (χ2n) is 3.44. The van der Waals surface area contributed by atoms with Crippen LogP contribution >= 0.6 is 0 Å². The third-order valence-electron chi connectivity index (χ3n) is 1.59. The van der Waals surface area contributed by atoms with E-state index in [0.717, 1.165) is 0 Å². The smallest absolute Gasteiger partial charge is 0.211 e. The summed E-state index contributed by atoms with van der Waals surface area (Å²) < 4.78 is 68.0. The number of nitrogens with one attached hydrogen (secondary N) is 2. The van der Waals surface area contributed by atoms with Gasteiger partial charge in [0.15, 0.2) is 0 Å². The number of hydrazine groups is 2. The molecular formula is C6H17N3O6S3. The predicted octanol–water partition coefficient (Wildman–Crippen LogP) is -1.65. The number of hydrogen-bond donors (Lipinski definition) is 2. The van der Waals surface area contributed by atoms with E-state index in [1.165, 1.54) is 6.92 Å². The summed E-state index contributed by atoms with van der Waals surface area (Å²) in [5.74, 6) is -0.793. The Labute approximate surface area is 108 Å². The summed E-state index contributed by atoms with van der Waals surface area (Å²) in [6.07, 6.45) is 0.917. The molecule has 0 saturated heterocycles. The van der Waals surface area contributed by atoms with Crippen LogP contribution in [0.25, 0.3) is 0 Å². The first-order chi connectivity index (χ1) is 7.93. The third-order valence-corrected chi connectivity index (χ3v) is 5.22. The van der Waals surface area contributed by atoms with E-state index in [9.17, 15) is 25.3 Å². The molecule has 2 N–H and O–H groups in total. The first-order valence-electron chi connectivity index (χ1n) is 4.94. The summed E-state index contributed by atoms with van der Waals surface area (Å²) in [6, 6.07) is 0. The lowest BCUT2D eigenvalue weighted by Gasteiger charge is -2.21. The van der Waals surface area contributed by atoms with Crippen molar-refractivity contribution in [2.24, 2.45) is 0 Å². The van der Waals surface area contributed by atoms with Crippen molar-refractivity contribution in [3.8, 4) is 0 Å². The molecule has 0 saturated carbocycles. The molecule has 18 heavy (non-hydrogen) atoms. The number of nitrogens with zero attached hydrogens (tertiary/aromatic N) is 1. The van der Waals surface area contributed by atoms with Crippen LogP contribution in [-0.2, 0) is 30.1 Å². The third kappa shape index (κ3) is 6.61. The van der Waals surface area contributed by atoms with E-state index in [0.29, 0.717) is 6.26 Å². The minimum atomic E-state index is -4.10. The molecule has 12 heteroatoms. The normalized spacial score (nSPS) is 14.0. The molecule has 0 aromatic carbocycles. The minimum absolute atomic E-state index is 0.0185. The van der Waals surface area contributed by atoms with Crippen molar-refractivity contribution in [3.05, 3.63) is 0 Å². The highest BCUT2D eigenvalue weighted by Crippen LogP contribution is 2.00. The van der Waals surface area contributed by atoms with E-state index in [1.807, 2.05) is 0 Å². The largest absolute Gasteiger partial charge is 0.242 e. The van der Waals surface area contributed by atoms with Crippen molar-refractivity contribution in [1.29, 1.82) is 0 Å². The number of rotatable bonds is 8. The Morgan fingerprint density at radius 3 is 1.78 bits per heavy atom. The van der Waals surface area contributed by atoms with Gasteiger partial charge < -0.3 is 0 Å². The average molecular weight is 323 g/mol.